The highest BCUT2D eigenvalue weighted by Crippen LogP contribution is 2.35. The molecule has 3 aromatic rings. The minimum Gasteiger partial charge on any atom is -0.494 e. The molecule has 282 valence electrons. The van der Waals surface area contributed by atoms with Gasteiger partial charge < -0.3 is 18.9 Å². The van der Waals surface area contributed by atoms with E-state index in [1.54, 1.807) is 24.3 Å². The SMILES string of the molecule is CCC[C@H]1CC[C@H](CCCOc2ccc(C(=O)OC[C@H](OC(=O)c3ccc(OCCC[C@H]4CC[C@H](CCC)CC4)cc3)c3ccccc3)cc2)CC1. The first-order valence-electron chi connectivity index (χ1n) is 20.4. The van der Waals surface area contributed by atoms with Crippen LogP contribution in [0.3, 0.4) is 0 Å². The summed E-state index contributed by atoms with van der Waals surface area (Å²) in [4.78, 5) is 26.2. The van der Waals surface area contributed by atoms with Gasteiger partial charge in [-0.2, -0.15) is 0 Å². The number of rotatable bonds is 20. The zero-order chi connectivity index (χ0) is 36.4. The summed E-state index contributed by atoms with van der Waals surface area (Å²) in [6.45, 7) is 5.83. The van der Waals surface area contributed by atoms with Crippen LogP contribution in [-0.4, -0.2) is 31.8 Å². The molecule has 1 atom stereocenters. The summed E-state index contributed by atoms with van der Waals surface area (Å²) in [7, 11) is 0. The van der Waals surface area contributed by atoms with Gasteiger partial charge in [0.25, 0.3) is 0 Å². The van der Waals surface area contributed by atoms with Crippen molar-refractivity contribution in [1.82, 2.24) is 0 Å². The van der Waals surface area contributed by atoms with E-state index in [1.165, 1.54) is 89.9 Å². The van der Waals surface area contributed by atoms with Crippen molar-refractivity contribution in [2.24, 2.45) is 23.7 Å². The van der Waals surface area contributed by atoms with Gasteiger partial charge in [0.1, 0.15) is 18.1 Å². The predicted molar refractivity (Wildman–Crippen MR) is 208 cm³/mol. The van der Waals surface area contributed by atoms with Crippen LogP contribution < -0.4 is 9.47 Å². The van der Waals surface area contributed by atoms with E-state index in [-0.39, 0.29) is 6.61 Å². The molecule has 0 saturated heterocycles. The molecule has 3 aromatic carbocycles. The highest BCUT2D eigenvalue weighted by atomic mass is 16.6. The molecule has 0 amide bonds. The van der Waals surface area contributed by atoms with Crippen molar-refractivity contribution in [1.29, 1.82) is 0 Å². The maximum atomic E-state index is 13.2. The second-order valence-corrected chi connectivity index (χ2v) is 15.3. The van der Waals surface area contributed by atoms with Crippen LogP contribution in [0.5, 0.6) is 11.5 Å². The van der Waals surface area contributed by atoms with Crippen molar-refractivity contribution in [3.63, 3.8) is 0 Å². The van der Waals surface area contributed by atoms with Crippen LogP contribution in [-0.2, 0) is 9.47 Å². The Balaban J connectivity index is 1.03. The summed E-state index contributed by atoms with van der Waals surface area (Å²) in [6, 6.07) is 23.5. The molecule has 5 rings (SSSR count). The maximum absolute atomic E-state index is 13.2. The van der Waals surface area contributed by atoms with Crippen molar-refractivity contribution in [3.8, 4) is 11.5 Å². The fourth-order valence-electron chi connectivity index (χ4n) is 8.23. The van der Waals surface area contributed by atoms with Crippen molar-refractivity contribution in [2.45, 2.75) is 123 Å². The minimum absolute atomic E-state index is 0.103. The van der Waals surface area contributed by atoms with Crippen molar-refractivity contribution < 1.29 is 28.5 Å². The van der Waals surface area contributed by atoms with E-state index in [0.29, 0.717) is 24.3 Å². The Bertz CT molecular complexity index is 1440. The first-order valence-corrected chi connectivity index (χ1v) is 20.4. The summed E-state index contributed by atoms with van der Waals surface area (Å²) in [5.41, 5.74) is 1.59. The van der Waals surface area contributed by atoms with Gasteiger partial charge in [-0.3, -0.25) is 0 Å². The predicted octanol–water partition coefficient (Wildman–Crippen LogP) is 12.0. The molecule has 6 nitrogen and oxygen atoms in total. The van der Waals surface area contributed by atoms with Crippen molar-refractivity contribution >= 4 is 11.9 Å². The Morgan fingerprint density at radius 2 is 0.981 bits per heavy atom. The largest absolute Gasteiger partial charge is 0.494 e. The van der Waals surface area contributed by atoms with E-state index in [1.807, 2.05) is 54.6 Å². The van der Waals surface area contributed by atoms with E-state index >= 15 is 0 Å². The molecule has 0 aromatic heterocycles. The van der Waals surface area contributed by atoms with Crippen molar-refractivity contribution in [3.05, 3.63) is 95.6 Å². The third kappa shape index (κ3) is 13.0. The average molecular weight is 711 g/mol. The molecule has 0 unspecified atom stereocenters. The average Bonchev–Trinajstić information content (AvgIpc) is 3.19. The van der Waals surface area contributed by atoms with Crippen LogP contribution >= 0.6 is 0 Å². The lowest BCUT2D eigenvalue weighted by Crippen LogP contribution is -2.19. The molecule has 6 heteroatoms. The molecular weight excluding hydrogens is 648 g/mol. The van der Waals surface area contributed by atoms with Crippen LogP contribution in [0.1, 0.15) is 149 Å². The van der Waals surface area contributed by atoms with Gasteiger partial charge in [-0.15, -0.1) is 0 Å². The van der Waals surface area contributed by atoms with E-state index in [0.717, 1.165) is 53.6 Å². The molecule has 2 aliphatic rings. The van der Waals surface area contributed by atoms with Crippen LogP contribution in [0.15, 0.2) is 78.9 Å². The molecule has 52 heavy (non-hydrogen) atoms. The molecule has 0 bridgehead atoms. The Hall–Kier alpha value is -3.80. The molecular formula is C46H62O6. The zero-order valence-corrected chi connectivity index (χ0v) is 31.8. The Kier molecular flexibility index (Phi) is 16.4. The van der Waals surface area contributed by atoms with E-state index in [2.05, 4.69) is 13.8 Å². The Labute approximate surface area is 313 Å². The quantitative estimate of drug-likeness (QED) is 0.0858. The van der Waals surface area contributed by atoms with Gasteiger partial charge in [-0.1, -0.05) is 121 Å². The van der Waals surface area contributed by atoms with Gasteiger partial charge in [-0.25, -0.2) is 9.59 Å². The summed E-state index contributed by atoms with van der Waals surface area (Å²) < 4.78 is 23.5. The van der Waals surface area contributed by atoms with Crippen LogP contribution in [0, 0.1) is 23.7 Å². The first kappa shape index (κ1) is 39.4. The molecule has 0 heterocycles. The first-order chi connectivity index (χ1) is 25.5. The number of esters is 2. The minimum atomic E-state index is -0.755. The fourth-order valence-corrected chi connectivity index (χ4v) is 8.23. The molecule has 2 fully saturated rings. The molecule has 2 aliphatic carbocycles. The Morgan fingerprint density at radius 1 is 0.558 bits per heavy atom. The molecule has 0 radical (unpaired) electrons. The Morgan fingerprint density at radius 3 is 1.42 bits per heavy atom. The molecule has 0 N–H and O–H groups in total. The van der Waals surface area contributed by atoms with E-state index in [4.69, 9.17) is 18.9 Å². The van der Waals surface area contributed by atoms with Crippen LogP contribution in [0.4, 0.5) is 0 Å². The molecule has 2 saturated carbocycles. The standard InChI is InChI=1S/C46H62O6/c1-3-10-35-16-20-37(21-17-35)12-8-32-49-42-28-24-40(25-29-42)45(47)51-34-44(39-14-6-5-7-15-39)52-46(48)41-26-30-43(31-27-41)50-33-9-13-38-22-18-36(11-4-2)19-23-38/h5-7,14-15,24-31,35-38,44H,3-4,8-13,16-23,32-34H2,1-2H3/t35-,36-,37-,38-,44-/m0/s1. The van der Waals surface area contributed by atoms with Gasteiger partial charge in [0.15, 0.2) is 6.10 Å². The van der Waals surface area contributed by atoms with Gasteiger partial charge in [0.2, 0.25) is 0 Å². The van der Waals surface area contributed by atoms with Crippen LogP contribution in [0.25, 0.3) is 0 Å². The number of carbonyl (C=O) groups is 2. The fraction of sp³-hybridized carbons (Fsp3) is 0.565. The third-order valence-corrected chi connectivity index (χ3v) is 11.3. The van der Waals surface area contributed by atoms with Crippen LogP contribution in [0.2, 0.25) is 0 Å². The zero-order valence-electron chi connectivity index (χ0n) is 31.8. The maximum Gasteiger partial charge on any atom is 0.338 e. The van der Waals surface area contributed by atoms with Gasteiger partial charge in [-0.05, 0) is 103 Å². The summed E-state index contributed by atoms with van der Waals surface area (Å²) in [5.74, 6) is 4.06. The second-order valence-electron chi connectivity index (χ2n) is 15.3. The summed E-state index contributed by atoms with van der Waals surface area (Å²) in [5, 5.41) is 0. The lowest BCUT2D eigenvalue weighted by Gasteiger charge is -2.28. The number of carbonyl (C=O) groups excluding carboxylic acids is 2. The monoisotopic (exact) mass is 710 g/mol. The molecule has 0 aliphatic heterocycles. The normalized spacial score (nSPS) is 20.8. The lowest BCUT2D eigenvalue weighted by molar-refractivity contribution is -0.00134. The van der Waals surface area contributed by atoms with Gasteiger partial charge >= 0.3 is 11.9 Å². The highest BCUT2D eigenvalue weighted by Gasteiger charge is 2.23. The third-order valence-electron chi connectivity index (χ3n) is 11.3. The highest BCUT2D eigenvalue weighted by molar-refractivity contribution is 5.90. The van der Waals surface area contributed by atoms with E-state index < -0.39 is 18.0 Å². The summed E-state index contributed by atoms with van der Waals surface area (Å²) >= 11 is 0. The van der Waals surface area contributed by atoms with Gasteiger partial charge in [0.05, 0.1) is 24.3 Å². The van der Waals surface area contributed by atoms with Gasteiger partial charge in [0, 0.05) is 0 Å². The number of hydrogen-bond donors (Lipinski definition) is 0. The topological polar surface area (TPSA) is 71.1 Å². The van der Waals surface area contributed by atoms with E-state index in [9.17, 15) is 9.59 Å². The number of hydrogen-bond acceptors (Lipinski definition) is 6. The lowest BCUT2D eigenvalue weighted by atomic mass is 9.78. The number of ether oxygens (including phenoxy) is 4. The molecule has 0 spiro atoms. The second kappa shape index (κ2) is 21.7. The number of benzene rings is 3. The smallest absolute Gasteiger partial charge is 0.338 e. The van der Waals surface area contributed by atoms with Crippen molar-refractivity contribution in [2.75, 3.05) is 19.8 Å². The summed E-state index contributed by atoms with van der Waals surface area (Å²) in [6.07, 6.45) is 20.1.